The maximum absolute atomic E-state index is 12.9. The fourth-order valence-electron chi connectivity index (χ4n) is 2.12. The van der Waals surface area contributed by atoms with Gasteiger partial charge in [-0.1, -0.05) is 0 Å². The molecular weight excluding hydrogens is 154 g/mol. The van der Waals surface area contributed by atoms with E-state index in [0.29, 0.717) is 6.42 Å². The number of hydrogen-bond donors (Lipinski definition) is 1. The van der Waals surface area contributed by atoms with Crippen LogP contribution in [0.1, 0.15) is 19.3 Å². The summed E-state index contributed by atoms with van der Waals surface area (Å²) in [7, 11) is 0. The molecule has 0 aromatic heterocycles. The van der Waals surface area contributed by atoms with Gasteiger partial charge in [0.05, 0.1) is 0 Å². The van der Waals surface area contributed by atoms with Crippen molar-refractivity contribution in [3.8, 4) is 0 Å². The number of hydrogen-bond acceptors (Lipinski definition) is 1. The van der Waals surface area contributed by atoms with Crippen molar-refractivity contribution in [1.29, 1.82) is 0 Å². The van der Waals surface area contributed by atoms with Gasteiger partial charge in [-0.3, -0.25) is 4.79 Å². The molecule has 4 heteroatoms. The number of carboxylic acid groups (broad SMARTS) is 1. The van der Waals surface area contributed by atoms with E-state index in [2.05, 4.69) is 0 Å². The van der Waals surface area contributed by atoms with E-state index in [9.17, 15) is 13.6 Å². The van der Waals surface area contributed by atoms with E-state index in [1.54, 1.807) is 0 Å². The number of alkyl halides is 2. The SMILES string of the molecule is O=C(O)[C@]12C[C@H]1CCC2(F)F. The molecule has 0 aliphatic heterocycles. The number of carbonyl (C=O) groups is 1. The van der Waals surface area contributed by atoms with Gasteiger partial charge in [-0.15, -0.1) is 0 Å². The monoisotopic (exact) mass is 162 g/mol. The molecule has 0 saturated heterocycles. The van der Waals surface area contributed by atoms with Gasteiger partial charge in [-0.05, 0) is 18.8 Å². The summed E-state index contributed by atoms with van der Waals surface area (Å²) in [5.41, 5.74) is -1.66. The Bertz CT molecular complexity index is 226. The zero-order valence-electron chi connectivity index (χ0n) is 5.81. The van der Waals surface area contributed by atoms with Crippen LogP contribution in [-0.4, -0.2) is 17.0 Å². The van der Waals surface area contributed by atoms with Gasteiger partial charge in [0.2, 0.25) is 0 Å². The summed E-state index contributed by atoms with van der Waals surface area (Å²) in [6.45, 7) is 0. The van der Waals surface area contributed by atoms with E-state index in [1.807, 2.05) is 0 Å². The number of fused-ring (bicyclic) bond motifs is 1. The van der Waals surface area contributed by atoms with Gasteiger partial charge in [-0.25, -0.2) is 8.78 Å². The van der Waals surface area contributed by atoms with Crippen molar-refractivity contribution < 1.29 is 18.7 Å². The standard InChI is InChI=1S/C7H8F2O2/c8-7(9)2-1-4-3-6(4,7)5(10)11/h4H,1-3H2,(H,10,11)/t4-,6+/m1/s1. The van der Waals surface area contributed by atoms with Crippen LogP contribution in [0.3, 0.4) is 0 Å². The van der Waals surface area contributed by atoms with E-state index in [1.165, 1.54) is 0 Å². The highest BCUT2D eigenvalue weighted by Gasteiger charge is 2.77. The molecule has 0 unspecified atom stereocenters. The largest absolute Gasteiger partial charge is 0.481 e. The molecule has 2 rings (SSSR count). The van der Waals surface area contributed by atoms with Crippen LogP contribution < -0.4 is 0 Å². The van der Waals surface area contributed by atoms with Crippen LogP contribution in [-0.2, 0) is 4.79 Å². The summed E-state index contributed by atoms with van der Waals surface area (Å²) in [6.07, 6.45) is 0.304. The van der Waals surface area contributed by atoms with Gasteiger partial charge in [0.1, 0.15) is 5.41 Å². The van der Waals surface area contributed by atoms with Gasteiger partial charge in [0.25, 0.3) is 5.92 Å². The van der Waals surface area contributed by atoms with Crippen LogP contribution in [0.5, 0.6) is 0 Å². The summed E-state index contributed by atoms with van der Waals surface area (Å²) >= 11 is 0. The first-order valence-electron chi connectivity index (χ1n) is 3.62. The topological polar surface area (TPSA) is 37.3 Å². The zero-order chi connectivity index (χ0) is 8.28. The number of carboxylic acids is 1. The molecule has 2 aliphatic carbocycles. The first-order chi connectivity index (χ1) is 5.01. The second-order valence-corrected chi connectivity index (χ2v) is 3.42. The van der Waals surface area contributed by atoms with Crippen LogP contribution in [0.4, 0.5) is 8.78 Å². The van der Waals surface area contributed by atoms with Crippen molar-refractivity contribution in [3.05, 3.63) is 0 Å². The maximum atomic E-state index is 12.9. The molecule has 0 radical (unpaired) electrons. The van der Waals surface area contributed by atoms with Crippen molar-refractivity contribution in [2.75, 3.05) is 0 Å². The molecule has 2 aliphatic rings. The number of aliphatic carboxylic acids is 1. The molecule has 0 aromatic carbocycles. The van der Waals surface area contributed by atoms with E-state index < -0.39 is 17.3 Å². The molecule has 11 heavy (non-hydrogen) atoms. The predicted octanol–water partition coefficient (Wildman–Crippen LogP) is 1.51. The third-order valence-corrected chi connectivity index (χ3v) is 2.95. The Morgan fingerprint density at radius 2 is 2.18 bits per heavy atom. The third-order valence-electron chi connectivity index (χ3n) is 2.95. The van der Waals surface area contributed by atoms with Gasteiger partial charge in [0.15, 0.2) is 0 Å². The molecular formula is C7H8F2O2. The van der Waals surface area contributed by atoms with Gasteiger partial charge < -0.3 is 5.11 Å². The van der Waals surface area contributed by atoms with Crippen LogP contribution in [0, 0.1) is 11.3 Å². The lowest BCUT2D eigenvalue weighted by atomic mass is 10.0. The molecule has 0 heterocycles. The van der Waals surface area contributed by atoms with E-state index in [0.717, 1.165) is 0 Å². The summed E-state index contributed by atoms with van der Waals surface area (Å²) in [6, 6.07) is 0. The average molecular weight is 162 g/mol. The Morgan fingerprint density at radius 3 is 2.36 bits per heavy atom. The van der Waals surface area contributed by atoms with Crippen molar-refractivity contribution in [2.24, 2.45) is 11.3 Å². The Balaban J connectivity index is 2.35. The van der Waals surface area contributed by atoms with Crippen LogP contribution in [0.25, 0.3) is 0 Å². The van der Waals surface area contributed by atoms with Crippen molar-refractivity contribution in [1.82, 2.24) is 0 Å². The second-order valence-electron chi connectivity index (χ2n) is 3.42. The lowest BCUT2D eigenvalue weighted by Gasteiger charge is -2.17. The summed E-state index contributed by atoms with van der Waals surface area (Å²) in [5, 5.41) is 8.57. The lowest BCUT2D eigenvalue weighted by Crippen LogP contribution is -2.34. The molecule has 1 N–H and O–H groups in total. The third kappa shape index (κ3) is 0.583. The molecule has 0 spiro atoms. The highest BCUT2D eigenvalue weighted by molar-refractivity contribution is 5.80. The van der Waals surface area contributed by atoms with Crippen LogP contribution >= 0.6 is 0 Å². The highest BCUT2D eigenvalue weighted by Crippen LogP contribution is 2.70. The summed E-state index contributed by atoms with van der Waals surface area (Å²) < 4.78 is 25.8. The molecule has 2 nitrogen and oxygen atoms in total. The first kappa shape index (κ1) is 7.00. The van der Waals surface area contributed by atoms with E-state index in [4.69, 9.17) is 5.11 Å². The zero-order valence-corrected chi connectivity index (χ0v) is 5.81. The number of halogens is 2. The van der Waals surface area contributed by atoms with Crippen LogP contribution in [0.2, 0.25) is 0 Å². The van der Waals surface area contributed by atoms with E-state index >= 15 is 0 Å². The molecule has 2 atom stereocenters. The van der Waals surface area contributed by atoms with Gasteiger partial charge in [0, 0.05) is 6.42 Å². The summed E-state index contributed by atoms with van der Waals surface area (Å²) in [5.74, 6) is -4.52. The Hall–Kier alpha value is -0.670. The average Bonchev–Trinajstić information content (AvgIpc) is 2.53. The van der Waals surface area contributed by atoms with Gasteiger partial charge in [-0.2, -0.15) is 0 Å². The molecule has 0 amide bonds. The molecule has 2 saturated carbocycles. The maximum Gasteiger partial charge on any atom is 0.316 e. The fraction of sp³-hybridized carbons (Fsp3) is 0.857. The molecule has 0 bridgehead atoms. The Morgan fingerprint density at radius 1 is 1.55 bits per heavy atom. The normalized spacial score (nSPS) is 45.1. The van der Waals surface area contributed by atoms with Crippen LogP contribution in [0.15, 0.2) is 0 Å². The molecule has 62 valence electrons. The minimum Gasteiger partial charge on any atom is -0.481 e. The Kier molecular flexibility index (Phi) is 0.997. The Labute approximate surface area is 62.2 Å². The summed E-state index contributed by atoms with van der Waals surface area (Å²) in [4.78, 5) is 10.5. The quantitative estimate of drug-likeness (QED) is 0.634. The predicted molar refractivity (Wildman–Crippen MR) is 32.4 cm³/mol. The van der Waals surface area contributed by atoms with Crippen molar-refractivity contribution in [2.45, 2.75) is 25.2 Å². The molecule has 0 aromatic rings. The first-order valence-corrected chi connectivity index (χ1v) is 3.62. The minimum atomic E-state index is -2.95. The van der Waals surface area contributed by atoms with Crippen molar-refractivity contribution in [3.63, 3.8) is 0 Å². The lowest BCUT2D eigenvalue weighted by molar-refractivity contribution is -0.159. The van der Waals surface area contributed by atoms with E-state index in [-0.39, 0.29) is 18.8 Å². The molecule has 2 fully saturated rings. The number of rotatable bonds is 1. The van der Waals surface area contributed by atoms with Crippen molar-refractivity contribution >= 4 is 5.97 Å². The second kappa shape index (κ2) is 1.57. The smallest absolute Gasteiger partial charge is 0.316 e. The fourth-order valence-corrected chi connectivity index (χ4v) is 2.12. The minimum absolute atomic E-state index is 0.176. The van der Waals surface area contributed by atoms with Gasteiger partial charge >= 0.3 is 5.97 Å². The highest BCUT2D eigenvalue weighted by atomic mass is 19.3.